The number of nitrogens with one attached hydrogen (secondary N) is 1. The van der Waals surface area contributed by atoms with Crippen LogP contribution in [0.5, 0.6) is 0 Å². The van der Waals surface area contributed by atoms with Crippen molar-refractivity contribution in [2.75, 3.05) is 37.8 Å². The van der Waals surface area contributed by atoms with Gasteiger partial charge in [-0.25, -0.2) is 0 Å². The molecule has 1 fully saturated rings. The molecule has 0 aliphatic carbocycles. The van der Waals surface area contributed by atoms with Gasteiger partial charge in [0.25, 0.3) is 0 Å². The van der Waals surface area contributed by atoms with Gasteiger partial charge in [0.15, 0.2) is 0 Å². The Kier molecular flexibility index (Phi) is 5.77. The lowest BCUT2D eigenvalue weighted by molar-refractivity contribution is 0.0441. The van der Waals surface area contributed by atoms with Gasteiger partial charge in [0.1, 0.15) is 0 Å². The van der Waals surface area contributed by atoms with E-state index in [1.54, 1.807) is 0 Å². The van der Waals surface area contributed by atoms with Crippen LogP contribution in [-0.4, -0.2) is 49.0 Å². The van der Waals surface area contributed by atoms with E-state index < -0.39 is 0 Å². The number of hydrogen-bond acceptors (Lipinski definition) is 4. The molecule has 0 saturated carbocycles. The molecule has 0 aromatic rings. The highest BCUT2D eigenvalue weighted by Crippen LogP contribution is 2.08. The zero-order valence-corrected chi connectivity index (χ0v) is 8.11. The second-order valence-electron chi connectivity index (χ2n) is 2.85. The maximum atomic E-state index is 8.55. The standard InChI is InChI=1S/C8H17NO2S/c10-3-1-5-12-7-8-6-9-2-4-11-8/h8-10H,1-7H2. The molecule has 1 aliphatic heterocycles. The Morgan fingerprint density at radius 2 is 2.50 bits per heavy atom. The van der Waals surface area contributed by atoms with Gasteiger partial charge in [-0.15, -0.1) is 0 Å². The summed E-state index contributed by atoms with van der Waals surface area (Å²) >= 11 is 1.86. The Morgan fingerprint density at radius 3 is 3.17 bits per heavy atom. The van der Waals surface area contributed by atoms with Crippen molar-refractivity contribution < 1.29 is 9.84 Å². The molecule has 0 amide bonds. The summed E-state index contributed by atoms with van der Waals surface area (Å²) in [4.78, 5) is 0. The fraction of sp³-hybridized carbons (Fsp3) is 1.00. The minimum Gasteiger partial charge on any atom is -0.396 e. The lowest BCUT2D eigenvalue weighted by Crippen LogP contribution is -2.39. The minimum atomic E-state index is 0.302. The number of thioether (sulfide) groups is 1. The van der Waals surface area contributed by atoms with Crippen LogP contribution in [0.4, 0.5) is 0 Å². The number of hydrogen-bond donors (Lipinski definition) is 2. The lowest BCUT2D eigenvalue weighted by Gasteiger charge is -2.23. The average molecular weight is 191 g/mol. The van der Waals surface area contributed by atoms with Gasteiger partial charge in [0, 0.05) is 25.4 Å². The quantitative estimate of drug-likeness (QED) is 0.604. The first-order valence-corrected chi connectivity index (χ1v) is 5.60. The Labute approximate surface area is 77.9 Å². The molecule has 1 rings (SSSR count). The van der Waals surface area contributed by atoms with Crippen molar-refractivity contribution in [3.63, 3.8) is 0 Å². The summed E-state index contributed by atoms with van der Waals surface area (Å²) in [6.45, 7) is 3.10. The minimum absolute atomic E-state index is 0.302. The second kappa shape index (κ2) is 6.71. The first kappa shape index (κ1) is 10.3. The van der Waals surface area contributed by atoms with Crippen molar-refractivity contribution >= 4 is 11.8 Å². The first-order valence-electron chi connectivity index (χ1n) is 4.44. The summed E-state index contributed by atoms with van der Waals surface area (Å²) in [6.07, 6.45) is 1.27. The molecular weight excluding hydrogens is 174 g/mol. The smallest absolute Gasteiger partial charge is 0.0790 e. The molecule has 72 valence electrons. The van der Waals surface area contributed by atoms with E-state index in [-0.39, 0.29) is 0 Å². The summed E-state index contributed by atoms with van der Waals surface area (Å²) in [6, 6.07) is 0. The maximum absolute atomic E-state index is 8.55. The summed E-state index contributed by atoms with van der Waals surface area (Å²) in [5.74, 6) is 2.09. The lowest BCUT2D eigenvalue weighted by atomic mass is 10.3. The molecule has 0 aromatic heterocycles. The third-order valence-electron chi connectivity index (χ3n) is 1.75. The van der Waals surface area contributed by atoms with E-state index in [1.807, 2.05) is 11.8 Å². The molecule has 0 bridgehead atoms. The molecule has 1 atom stereocenters. The van der Waals surface area contributed by atoms with Crippen molar-refractivity contribution in [1.82, 2.24) is 5.32 Å². The largest absolute Gasteiger partial charge is 0.396 e. The van der Waals surface area contributed by atoms with Crippen LogP contribution in [0.1, 0.15) is 6.42 Å². The highest BCUT2D eigenvalue weighted by molar-refractivity contribution is 7.99. The van der Waals surface area contributed by atoms with Gasteiger partial charge in [-0.1, -0.05) is 0 Å². The highest BCUT2D eigenvalue weighted by Gasteiger charge is 2.12. The number of aliphatic hydroxyl groups is 1. The monoisotopic (exact) mass is 191 g/mol. The number of rotatable bonds is 5. The zero-order chi connectivity index (χ0) is 8.65. The van der Waals surface area contributed by atoms with Gasteiger partial charge in [-0.3, -0.25) is 0 Å². The molecule has 0 spiro atoms. The second-order valence-corrected chi connectivity index (χ2v) is 4.00. The summed E-state index contributed by atoms with van der Waals surface area (Å²) in [5, 5.41) is 11.8. The average Bonchev–Trinajstić information content (AvgIpc) is 2.14. The van der Waals surface area contributed by atoms with Crippen LogP contribution in [0, 0.1) is 0 Å². The normalized spacial score (nSPS) is 24.2. The van der Waals surface area contributed by atoms with Crippen LogP contribution in [0.15, 0.2) is 0 Å². The molecule has 1 heterocycles. The number of aliphatic hydroxyl groups excluding tert-OH is 1. The third-order valence-corrected chi connectivity index (χ3v) is 2.94. The van der Waals surface area contributed by atoms with Crippen molar-refractivity contribution in [3.8, 4) is 0 Å². The van der Waals surface area contributed by atoms with E-state index in [0.717, 1.165) is 37.6 Å². The van der Waals surface area contributed by atoms with E-state index in [9.17, 15) is 0 Å². The Balaban J connectivity index is 1.91. The molecule has 1 saturated heterocycles. The third kappa shape index (κ3) is 4.30. The van der Waals surface area contributed by atoms with E-state index in [0.29, 0.717) is 12.7 Å². The topological polar surface area (TPSA) is 41.5 Å². The molecule has 1 aliphatic rings. The van der Waals surface area contributed by atoms with Crippen LogP contribution in [0.2, 0.25) is 0 Å². The van der Waals surface area contributed by atoms with Gasteiger partial charge in [-0.2, -0.15) is 11.8 Å². The predicted octanol–water partition coefficient (Wildman–Crippen LogP) is 0.0904. The zero-order valence-electron chi connectivity index (χ0n) is 7.29. The predicted molar refractivity (Wildman–Crippen MR) is 51.6 cm³/mol. The Morgan fingerprint density at radius 1 is 1.58 bits per heavy atom. The van der Waals surface area contributed by atoms with Crippen LogP contribution in [0.3, 0.4) is 0 Å². The van der Waals surface area contributed by atoms with Crippen LogP contribution in [-0.2, 0) is 4.74 Å². The molecule has 2 N–H and O–H groups in total. The van der Waals surface area contributed by atoms with E-state index in [2.05, 4.69) is 5.32 Å². The fourth-order valence-electron chi connectivity index (χ4n) is 1.11. The van der Waals surface area contributed by atoms with Gasteiger partial charge in [-0.05, 0) is 12.2 Å². The molecule has 1 unspecified atom stereocenters. The van der Waals surface area contributed by atoms with E-state index in [1.165, 1.54) is 0 Å². The molecule has 0 radical (unpaired) electrons. The van der Waals surface area contributed by atoms with Crippen molar-refractivity contribution in [3.05, 3.63) is 0 Å². The first-order chi connectivity index (χ1) is 5.93. The SMILES string of the molecule is OCCCSCC1CNCCO1. The van der Waals surface area contributed by atoms with Crippen molar-refractivity contribution in [1.29, 1.82) is 0 Å². The molecular formula is C8H17NO2S. The molecule has 4 heteroatoms. The van der Waals surface area contributed by atoms with Crippen LogP contribution >= 0.6 is 11.8 Å². The van der Waals surface area contributed by atoms with Crippen molar-refractivity contribution in [2.45, 2.75) is 12.5 Å². The summed E-state index contributed by atoms with van der Waals surface area (Å²) in [5.41, 5.74) is 0. The van der Waals surface area contributed by atoms with Gasteiger partial charge in [0.2, 0.25) is 0 Å². The Bertz CT molecular complexity index is 107. The van der Waals surface area contributed by atoms with Gasteiger partial charge < -0.3 is 15.2 Å². The molecule has 0 aromatic carbocycles. The summed E-state index contributed by atoms with van der Waals surface area (Å²) in [7, 11) is 0. The Hall–Kier alpha value is 0.230. The van der Waals surface area contributed by atoms with Gasteiger partial charge in [0.05, 0.1) is 12.7 Å². The highest BCUT2D eigenvalue weighted by atomic mass is 32.2. The van der Waals surface area contributed by atoms with E-state index >= 15 is 0 Å². The molecule has 3 nitrogen and oxygen atoms in total. The number of ether oxygens (including phenoxy) is 1. The van der Waals surface area contributed by atoms with E-state index in [4.69, 9.17) is 9.84 Å². The summed E-state index contributed by atoms with van der Waals surface area (Å²) < 4.78 is 5.51. The van der Waals surface area contributed by atoms with Gasteiger partial charge >= 0.3 is 0 Å². The van der Waals surface area contributed by atoms with Crippen LogP contribution in [0.25, 0.3) is 0 Å². The van der Waals surface area contributed by atoms with Crippen LogP contribution < -0.4 is 5.32 Å². The maximum Gasteiger partial charge on any atom is 0.0790 e. The fourth-order valence-corrected chi connectivity index (χ4v) is 2.09. The molecule has 12 heavy (non-hydrogen) atoms. The van der Waals surface area contributed by atoms with Crippen molar-refractivity contribution in [2.24, 2.45) is 0 Å². The number of morpholine rings is 1.